The van der Waals surface area contributed by atoms with Gasteiger partial charge >= 0.3 is 5.69 Å². The monoisotopic (exact) mass is 373 g/mol. The fourth-order valence-corrected chi connectivity index (χ4v) is 2.83. The number of aromatic nitrogens is 4. The summed E-state index contributed by atoms with van der Waals surface area (Å²) < 4.78 is 15.5. The first kappa shape index (κ1) is 16.2. The van der Waals surface area contributed by atoms with Gasteiger partial charge in [0.15, 0.2) is 5.82 Å². The summed E-state index contributed by atoms with van der Waals surface area (Å²) in [4.78, 5) is 38.0. The molecule has 26 heavy (non-hydrogen) atoms. The van der Waals surface area contributed by atoms with Crippen LogP contribution in [0.25, 0.3) is 5.69 Å². The Bertz CT molecular complexity index is 1090. The molecule has 10 heteroatoms. The highest BCUT2D eigenvalue weighted by Gasteiger charge is 2.36. The fourth-order valence-electron chi connectivity index (χ4n) is 2.67. The Labute approximate surface area is 150 Å². The van der Waals surface area contributed by atoms with Crippen LogP contribution in [0.5, 0.6) is 0 Å². The summed E-state index contributed by atoms with van der Waals surface area (Å²) >= 11 is 5.69. The minimum absolute atomic E-state index is 0.145. The summed E-state index contributed by atoms with van der Waals surface area (Å²) in [6, 6.07) is 10.0. The van der Waals surface area contributed by atoms with Crippen molar-refractivity contribution in [2.75, 3.05) is 0 Å². The Morgan fingerprint density at radius 2 is 1.62 bits per heavy atom. The van der Waals surface area contributed by atoms with Gasteiger partial charge in [-0.15, -0.1) is 0 Å². The minimum Gasteiger partial charge on any atom is -0.269 e. The lowest BCUT2D eigenvalue weighted by atomic mass is 10.1. The van der Waals surface area contributed by atoms with Gasteiger partial charge < -0.3 is 0 Å². The summed E-state index contributed by atoms with van der Waals surface area (Å²) in [7, 11) is 0. The molecule has 4 rings (SSSR count). The second-order valence-corrected chi connectivity index (χ2v) is 5.93. The van der Waals surface area contributed by atoms with Crippen LogP contribution in [-0.4, -0.2) is 36.5 Å². The maximum absolute atomic E-state index is 14.0. The van der Waals surface area contributed by atoms with Crippen molar-refractivity contribution >= 4 is 23.4 Å². The zero-order chi connectivity index (χ0) is 18.4. The van der Waals surface area contributed by atoms with Gasteiger partial charge in [0.05, 0.1) is 11.1 Å². The fraction of sp³-hybridized carbons (Fsp3) is 0.0625. The molecular weight excluding hydrogens is 365 g/mol. The molecule has 8 nitrogen and oxygen atoms in total. The lowest BCUT2D eigenvalue weighted by Crippen LogP contribution is -2.37. The molecule has 1 aliphatic rings. The predicted molar refractivity (Wildman–Crippen MR) is 87.5 cm³/mol. The van der Waals surface area contributed by atoms with E-state index in [2.05, 4.69) is 10.4 Å². The van der Waals surface area contributed by atoms with E-state index in [9.17, 15) is 18.8 Å². The number of halogens is 2. The third kappa shape index (κ3) is 2.40. The number of benzene rings is 2. The molecule has 0 spiro atoms. The molecule has 2 heterocycles. The molecule has 0 unspecified atom stereocenters. The standard InChI is InChI=1S/C16H9ClFN5O3/c17-9-5-6-13(12(18)7-9)23-16(26)22(19-20-23)8-21-14(24)10-3-1-2-4-11(10)15(21)25/h1-7H,8H2. The van der Waals surface area contributed by atoms with Crippen LogP contribution < -0.4 is 5.69 Å². The molecule has 1 aromatic heterocycles. The number of carbonyl (C=O) groups is 2. The molecule has 0 fully saturated rings. The van der Waals surface area contributed by atoms with Gasteiger partial charge in [0.1, 0.15) is 12.4 Å². The van der Waals surface area contributed by atoms with Crippen LogP contribution in [0.3, 0.4) is 0 Å². The van der Waals surface area contributed by atoms with Crippen molar-refractivity contribution in [1.29, 1.82) is 0 Å². The highest BCUT2D eigenvalue weighted by atomic mass is 35.5. The van der Waals surface area contributed by atoms with Crippen LogP contribution in [0.1, 0.15) is 20.7 Å². The Morgan fingerprint density at radius 3 is 2.23 bits per heavy atom. The Morgan fingerprint density at radius 1 is 0.962 bits per heavy atom. The normalized spacial score (nSPS) is 13.4. The van der Waals surface area contributed by atoms with Crippen LogP contribution in [0.15, 0.2) is 47.3 Å². The van der Waals surface area contributed by atoms with Crippen LogP contribution in [-0.2, 0) is 6.67 Å². The first-order chi connectivity index (χ1) is 12.5. The molecule has 0 N–H and O–H groups in total. The first-order valence-electron chi connectivity index (χ1n) is 7.41. The van der Waals surface area contributed by atoms with Gasteiger partial charge in [0.2, 0.25) is 0 Å². The average molecular weight is 374 g/mol. The quantitative estimate of drug-likeness (QED) is 0.648. The molecule has 130 valence electrons. The highest BCUT2D eigenvalue weighted by Crippen LogP contribution is 2.22. The largest absolute Gasteiger partial charge is 0.370 e. The summed E-state index contributed by atoms with van der Waals surface area (Å²) in [6.45, 7) is -0.430. The average Bonchev–Trinajstić information content (AvgIpc) is 3.09. The van der Waals surface area contributed by atoms with Gasteiger partial charge in [-0.3, -0.25) is 14.5 Å². The number of rotatable bonds is 3. The van der Waals surface area contributed by atoms with Crippen molar-refractivity contribution < 1.29 is 14.0 Å². The lowest BCUT2D eigenvalue weighted by Gasteiger charge is -2.11. The molecule has 0 aliphatic carbocycles. The summed E-state index contributed by atoms with van der Waals surface area (Å²) in [5, 5.41) is 7.39. The first-order valence-corrected chi connectivity index (χ1v) is 7.78. The van der Waals surface area contributed by atoms with Crippen LogP contribution in [0.2, 0.25) is 5.02 Å². The SMILES string of the molecule is O=C1c2ccccc2C(=O)N1Cn1nnn(-c2ccc(Cl)cc2F)c1=O. The zero-order valence-corrected chi connectivity index (χ0v) is 13.7. The molecule has 2 aromatic carbocycles. The number of imide groups is 1. The number of tetrazole rings is 1. The smallest absolute Gasteiger partial charge is 0.269 e. The molecule has 0 bridgehead atoms. The third-order valence-corrected chi connectivity index (χ3v) is 4.17. The number of fused-ring (bicyclic) bond motifs is 1. The summed E-state index contributed by atoms with van der Waals surface area (Å²) in [5.41, 5.74) is -0.445. The van der Waals surface area contributed by atoms with Crippen molar-refractivity contribution in [2.24, 2.45) is 0 Å². The molecule has 0 radical (unpaired) electrons. The van der Waals surface area contributed by atoms with E-state index >= 15 is 0 Å². The maximum Gasteiger partial charge on any atom is 0.370 e. The lowest BCUT2D eigenvalue weighted by molar-refractivity contribution is 0.0594. The van der Waals surface area contributed by atoms with E-state index < -0.39 is 30.0 Å². The van der Waals surface area contributed by atoms with E-state index in [1.54, 1.807) is 12.1 Å². The van der Waals surface area contributed by atoms with E-state index in [-0.39, 0.29) is 21.8 Å². The van der Waals surface area contributed by atoms with Crippen molar-refractivity contribution in [3.05, 3.63) is 74.9 Å². The van der Waals surface area contributed by atoms with Gasteiger partial charge in [-0.05, 0) is 40.8 Å². The summed E-state index contributed by atoms with van der Waals surface area (Å²) in [5.74, 6) is -1.83. The third-order valence-electron chi connectivity index (χ3n) is 3.93. The van der Waals surface area contributed by atoms with Crippen molar-refractivity contribution in [3.8, 4) is 5.69 Å². The van der Waals surface area contributed by atoms with Gasteiger partial charge in [0.25, 0.3) is 11.8 Å². The van der Waals surface area contributed by atoms with Crippen LogP contribution in [0, 0.1) is 5.82 Å². The van der Waals surface area contributed by atoms with E-state index in [1.807, 2.05) is 0 Å². The van der Waals surface area contributed by atoms with Crippen molar-refractivity contribution in [1.82, 2.24) is 24.7 Å². The zero-order valence-electron chi connectivity index (χ0n) is 13.0. The molecule has 0 atom stereocenters. The number of carbonyl (C=O) groups excluding carboxylic acids is 2. The second kappa shape index (κ2) is 5.88. The highest BCUT2D eigenvalue weighted by molar-refractivity contribution is 6.30. The van der Waals surface area contributed by atoms with E-state index in [0.717, 1.165) is 20.3 Å². The van der Waals surface area contributed by atoms with E-state index in [0.29, 0.717) is 0 Å². The Hall–Kier alpha value is -3.33. The van der Waals surface area contributed by atoms with E-state index in [1.165, 1.54) is 24.3 Å². The molecular formula is C16H9ClFN5O3. The number of hydrogen-bond donors (Lipinski definition) is 0. The maximum atomic E-state index is 14.0. The molecule has 0 saturated heterocycles. The number of hydrogen-bond acceptors (Lipinski definition) is 5. The van der Waals surface area contributed by atoms with Gasteiger partial charge in [-0.2, -0.15) is 9.36 Å². The predicted octanol–water partition coefficient (Wildman–Crippen LogP) is 1.48. The molecule has 2 amide bonds. The van der Waals surface area contributed by atoms with Crippen LogP contribution in [0.4, 0.5) is 4.39 Å². The Kier molecular flexibility index (Phi) is 3.66. The van der Waals surface area contributed by atoms with E-state index in [4.69, 9.17) is 11.6 Å². The van der Waals surface area contributed by atoms with Crippen molar-refractivity contribution in [3.63, 3.8) is 0 Å². The number of amides is 2. The topological polar surface area (TPSA) is 90.1 Å². The minimum atomic E-state index is -0.803. The van der Waals surface area contributed by atoms with Gasteiger partial charge in [0, 0.05) is 5.02 Å². The molecule has 3 aromatic rings. The molecule has 1 aliphatic heterocycles. The van der Waals surface area contributed by atoms with Crippen LogP contribution >= 0.6 is 11.6 Å². The Balaban J connectivity index is 1.67. The summed E-state index contributed by atoms with van der Waals surface area (Å²) in [6.07, 6.45) is 0. The second-order valence-electron chi connectivity index (χ2n) is 5.49. The molecule has 0 saturated carbocycles. The van der Waals surface area contributed by atoms with Gasteiger partial charge in [-0.25, -0.2) is 9.18 Å². The van der Waals surface area contributed by atoms with Crippen molar-refractivity contribution in [2.45, 2.75) is 6.67 Å². The number of nitrogens with zero attached hydrogens (tertiary/aromatic N) is 5. The van der Waals surface area contributed by atoms with Gasteiger partial charge in [-0.1, -0.05) is 23.7 Å².